The van der Waals surface area contributed by atoms with Gasteiger partial charge in [-0.05, 0) is 85.0 Å². The van der Waals surface area contributed by atoms with Gasteiger partial charge in [-0.25, -0.2) is 13.2 Å². The number of rotatable bonds is 7. The number of benzene rings is 3. The summed E-state index contributed by atoms with van der Waals surface area (Å²) in [5.74, 6) is -1.69. The van der Waals surface area contributed by atoms with Gasteiger partial charge in [0.05, 0.1) is 30.2 Å². The molecule has 9 nitrogen and oxygen atoms in total. The molecule has 2 bridgehead atoms. The number of hydrogen-bond acceptors (Lipinski definition) is 9. The number of anilines is 1. The first kappa shape index (κ1) is 31.4. The second-order valence-corrected chi connectivity index (χ2v) is 13.6. The monoisotopic (exact) mass is 663 g/mol. The number of phenols is 1. The number of phenolic OH excluding ortho intramolecular Hbond substituents is 1. The summed E-state index contributed by atoms with van der Waals surface area (Å²) in [7, 11) is 1.60. The molecule has 0 radical (unpaired) electrons. The van der Waals surface area contributed by atoms with E-state index in [0.717, 1.165) is 37.8 Å². The average Bonchev–Trinajstić information content (AvgIpc) is 3.37. The summed E-state index contributed by atoms with van der Waals surface area (Å²) in [5.41, 5.74) is 0.549. The minimum Gasteiger partial charge on any atom is -0.508 e. The van der Waals surface area contributed by atoms with Crippen LogP contribution in [-0.2, 0) is 11.2 Å². The molecule has 3 aromatic carbocycles. The third kappa shape index (κ3) is 5.57. The fourth-order valence-electron chi connectivity index (χ4n) is 8.17. The lowest BCUT2D eigenvalue weighted by atomic mass is 9.91. The van der Waals surface area contributed by atoms with Crippen LogP contribution in [0.15, 0.2) is 30.3 Å². The van der Waals surface area contributed by atoms with E-state index < -0.39 is 17.8 Å². The van der Waals surface area contributed by atoms with Crippen LogP contribution in [0.25, 0.3) is 32.8 Å². The first-order valence-corrected chi connectivity index (χ1v) is 17.0. The Morgan fingerprint density at radius 1 is 1.10 bits per heavy atom. The van der Waals surface area contributed by atoms with Crippen LogP contribution >= 0.6 is 0 Å². The van der Waals surface area contributed by atoms with Gasteiger partial charge in [0.1, 0.15) is 29.9 Å². The van der Waals surface area contributed by atoms with Gasteiger partial charge in [0.25, 0.3) is 0 Å². The maximum Gasteiger partial charge on any atom is 0.319 e. The molecule has 3 saturated heterocycles. The van der Waals surface area contributed by atoms with Gasteiger partial charge in [-0.15, -0.1) is 0 Å². The quantitative estimate of drug-likeness (QED) is 0.239. The number of fused-ring (bicyclic) bond motifs is 6. The highest BCUT2D eigenvalue weighted by molar-refractivity contribution is 6.05. The summed E-state index contributed by atoms with van der Waals surface area (Å²) in [5, 5.41) is 18.9. The van der Waals surface area contributed by atoms with Gasteiger partial charge in [-0.3, -0.25) is 0 Å². The number of methoxy groups -OCH3 is 1. The minimum absolute atomic E-state index is 0.0384. The van der Waals surface area contributed by atoms with E-state index in [-0.39, 0.29) is 76.8 Å². The number of hydrogen-bond donors (Lipinski definition) is 3. The topological polar surface area (TPSA) is 101 Å². The van der Waals surface area contributed by atoms with Crippen LogP contribution in [0.5, 0.6) is 17.5 Å². The second-order valence-electron chi connectivity index (χ2n) is 13.6. The molecule has 254 valence electrons. The molecule has 0 amide bonds. The zero-order valence-electron chi connectivity index (χ0n) is 26.9. The van der Waals surface area contributed by atoms with Gasteiger partial charge >= 0.3 is 6.01 Å². The third-order valence-corrected chi connectivity index (χ3v) is 10.4. The average molecular weight is 664 g/mol. The van der Waals surface area contributed by atoms with Crippen molar-refractivity contribution in [3.8, 4) is 28.6 Å². The first-order valence-electron chi connectivity index (χ1n) is 17.0. The second kappa shape index (κ2) is 12.9. The molecule has 4 aromatic rings. The molecular formula is C36H40F3N5O4. The van der Waals surface area contributed by atoms with Crippen molar-refractivity contribution in [1.29, 1.82) is 0 Å². The maximum atomic E-state index is 17.2. The van der Waals surface area contributed by atoms with Crippen molar-refractivity contribution < 1.29 is 32.5 Å². The van der Waals surface area contributed by atoms with E-state index in [9.17, 15) is 9.50 Å². The summed E-state index contributed by atoms with van der Waals surface area (Å²) in [6.45, 7) is 2.39. The molecule has 1 aromatic heterocycles. The number of halogens is 3. The van der Waals surface area contributed by atoms with Gasteiger partial charge in [0, 0.05) is 32.3 Å². The molecule has 3 N–H and O–H groups in total. The Kier molecular flexibility index (Phi) is 8.42. The van der Waals surface area contributed by atoms with E-state index in [2.05, 4.69) is 20.5 Å². The third-order valence-electron chi connectivity index (χ3n) is 10.4. The molecule has 4 aliphatic heterocycles. The van der Waals surface area contributed by atoms with E-state index in [4.69, 9.17) is 19.2 Å². The smallest absolute Gasteiger partial charge is 0.319 e. The maximum absolute atomic E-state index is 17.2. The van der Waals surface area contributed by atoms with Crippen molar-refractivity contribution in [2.75, 3.05) is 51.5 Å². The van der Waals surface area contributed by atoms with E-state index in [1.165, 1.54) is 6.07 Å². The number of piperazine rings is 1. The predicted molar refractivity (Wildman–Crippen MR) is 177 cm³/mol. The SMILES string of the molecule is COCCc1cccc2cc(O)cc(-c3c(F)c4c5c(nc(OC[C@H]6CCCNC[C@H](F)C6)nc5c3F)N3CC5CCC(N5)C3CO4)c12. The van der Waals surface area contributed by atoms with Crippen LogP contribution < -0.4 is 25.0 Å². The highest BCUT2D eigenvalue weighted by Gasteiger charge is 2.44. The van der Waals surface area contributed by atoms with Gasteiger partial charge in [-0.1, -0.05) is 18.2 Å². The Bertz CT molecular complexity index is 1860. The number of aromatic hydroxyl groups is 1. The van der Waals surface area contributed by atoms with Gasteiger partial charge in [0.15, 0.2) is 17.4 Å². The molecule has 5 atom stereocenters. The number of alkyl halides is 1. The normalized spacial score (nSPS) is 25.3. The highest BCUT2D eigenvalue weighted by Crippen LogP contribution is 2.48. The Balaban J connectivity index is 1.31. The van der Waals surface area contributed by atoms with Gasteiger partial charge in [-0.2, -0.15) is 9.97 Å². The molecule has 12 heteroatoms. The van der Waals surface area contributed by atoms with E-state index >= 15 is 8.78 Å². The van der Waals surface area contributed by atoms with Crippen LogP contribution in [0.3, 0.4) is 0 Å². The number of ether oxygens (including phenoxy) is 3. The van der Waals surface area contributed by atoms with E-state index in [1.54, 1.807) is 19.2 Å². The van der Waals surface area contributed by atoms with E-state index in [0.29, 0.717) is 49.1 Å². The molecule has 8 rings (SSSR count). The summed E-state index contributed by atoms with van der Waals surface area (Å²) >= 11 is 0. The first-order chi connectivity index (χ1) is 23.4. The van der Waals surface area contributed by atoms with Crippen molar-refractivity contribution in [2.24, 2.45) is 5.92 Å². The number of nitrogens with zero attached hydrogens (tertiary/aromatic N) is 3. The van der Waals surface area contributed by atoms with Gasteiger partial charge in [0.2, 0.25) is 0 Å². The van der Waals surface area contributed by atoms with Crippen LogP contribution in [0, 0.1) is 17.6 Å². The lowest BCUT2D eigenvalue weighted by Gasteiger charge is -2.40. The lowest BCUT2D eigenvalue weighted by molar-refractivity contribution is 0.166. The van der Waals surface area contributed by atoms with Crippen molar-refractivity contribution in [3.63, 3.8) is 0 Å². The Morgan fingerprint density at radius 3 is 2.88 bits per heavy atom. The molecule has 0 saturated carbocycles. The molecule has 3 unspecified atom stereocenters. The lowest BCUT2D eigenvalue weighted by Crippen LogP contribution is -2.60. The van der Waals surface area contributed by atoms with E-state index in [1.807, 2.05) is 12.1 Å². The van der Waals surface area contributed by atoms with Crippen LogP contribution in [-0.4, -0.2) is 85.9 Å². The molecule has 0 aliphatic carbocycles. The van der Waals surface area contributed by atoms with Crippen molar-refractivity contribution >= 4 is 27.5 Å². The fourth-order valence-corrected chi connectivity index (χ4v) is 8.17. The Hall–Kier alpha value is -3.87. The molecule has 48 heavy (non-hydrogen) atoms. The summed E-state index contributed by atoms with van der Waals surface area (Å²) in [6, 6.07) is 8.62. The number of aromatic nitrogens is 2. The minimum atomic E-state index is -0.994. The van der Waals surface area contributed by atoms with Crippen molar-refractivity contribution in [3.05, 3.63) is 47.5 Å². The van der Waals surface area contributed by atoms with Crippen LogP contribution in [0.4, 0.5) is 19.0 Å². The molecule has 0 spiro atoms. The zero-order chi connectivity index (χ0) is 32.9. The predicted octanol–water partition coefficient (Wildman–Crippen LogP) is 5.43. The largest absolute Gasteiger partial charge is 0.508 e. The molecule has 3 fully saturated rings. The Morgan fingerprint density at radius 2 is 2.00 bits per heavy atom. The zero-order valence-corrected chi connectivity index (χ0v) is 26.9. The van der Waals surface area contributed by atoms with Gasteiger partial charge < -0.3 is 34.9 Å². The molecular weight excluding hydrogens is 623 g/mol. The summed E-state index contributed by atoms with van der Waals surface area (Å²) in [4.78, 5) is 11.5. The fraction of sp³-hybridized carbons (Fsp3) is 0.500. The number of nitrogens with one attached hydrogen (secondary N) is 2. The van der Waals surface area contributed by atoms with Crippen LogP contribution in [0.1, 0.15) is 37.7 Å². The molecule has 4 aliphatic rings. The summed E-state index contributed by atoms with van der Waals surface area (Å²) < 4.78 is 66.5. The summed E-state index contributed by atoms with van der Waals surface area (Å²) in [6.07, 6.45) is 3.43. The molecule has 5 heterocycles. The van der Waals surface area contributed by atoms with Crippen molar-refractivity contribution in [1.82, 2.24) is 20.6 Å². The standard InChI is InChI=1S/C36H40F3N5O4/c1-46-11-9-20-5-2-6-21-13-24(45)14-25(28(20)21)29-31(38)33-30-34(32(29)39)47-18-27-26-8-7-23(41-26)16-44(27)35(30)43-36(42-33)48-17-19-4-3-10-40-15-22(37)12-19/h2,5-6,13-14,19,22-23,26-27,40-41,45H,3-4,7-12,15-18H2,1H3/t19-,22+,23?,26?,27?/m0/s1. The Labute approximate surface area is 276 Å². The van der Waals surface area contributed by atoms with Crippen LogP contribution in [0.2, 0.25) is 0 Å². The highest BCUT2D eigenvalue weighted by atomic mass is 19.1. The van der Waals surface area contributed by atoms with Crippen molar-refractivity contribution in [2.45, 2.75) is 62.8 Å².